The number of aliphatic hydroxyl groups excluding tert-OH is 1. The van der Waals surface area contributed by atoms with Crippen LogP contribution in [0.2, 0.25) is 0 Å². The number of amides is 2. The lowest BCUT2D eigenvalue weighted by molar-refractivity contribution is -0.144. The van der Waals surface area contributed by atoms with Crippen LogP contribution in [0, 0.1) is 6.92 Å². The van der Waals surface area contributed by atoms with Gasteiger partial charge in [0.05, 0.1) is 6.61 Å². The van der Waals surface area contributed by atoms with Crippen LogP contribution in [-0.2, 0) is 9.59 Å². The number of nitrogens with zero attached hydrogens (tertiary/aromatic N) is 3. The van der Waals surface area contributed by atoms with Gasteiger partial charge in [-0.3, -0.25) is 14.5 Å². The predicted octanol–water partition coefficient (Wildman–Crippen LogP) is 0.916. The summed E-state index contributed by atoms with van der Waals surface area (Å²) < 4.78 is 0. The minimum absolute atomic E-state index is 0.108. The van der Waals surface area contributed by atoms with Crippen molar-refractivity contribution in [3.63, 3.8) is 0 Å². The van der Waals surface area contributed by atoms with Crippen LogP contribution in [0.15, 0.2) is 18.2 Å². The highest BCUT2D eigenvalue weighted by Crippen LogP contribution is 2.22. The first-order chi connectivity index (χ1) is 12.5. The van der Waals surface area contributed by atoms with Gasteiger partial charge in [-0.25, -0.2) is 0 Å². The molecule has 0 saturated carbocycles. The monoisotopic (exact) mass is 362 g/mol. The van der Waals surface area contributed by atoms with Crippen LogP contribution >= 0.6 is 0 Å². The summed E-state index contributed by atoms with van der Waals surface area (Å²) in [7, 11) is 0. The third-order valence-corrected chi connectivity index (χ3v) is 4.86. The molecule has 0 aromatic heterocycles. The number of hydrogen-bond acceptors (Lipinski definition) is 5. The molecule has 0 spiro atoms. The van der Waals surface area contributed by atoms with Crippen molar-refractivity contribution in [1.82, 2.24) is 9.80 Å². The van der Waals surface area contributed by atoms with Crippen LogP contribution in [0.4, 0.5) is 11.4 Å². The minimum atomic E-state index is -0.598. The summed E-state index contributed by atoms with van der Waals surface area (Å²) in [4.78, 5) is 30.6. The average molecular weight is 362 g/mol. The minimum Gasteiger partial charge on any atom is -0.395 e. The van der Waals surface area contributed by atoms with E-state index in [-0.39, 0.29) is 6.61 Å². The van der Waals surface area contributed by atoms with Gasteiger partial charge in [0.1, 0.15) is 0 Å². The second-order valence-electron chi connectivity index (χ2n) is 6.48. The van der Waals surface area contributed by atoms with Crippen molar-refractivity contribution in [2.75, 3.05) is 62.6 Å². The number of aliphatic hydroxyl groups is 1. The number of rotatable bonds is 6. The van der Waals surface area contributed by atoms with Crippen molar-refractivity contribution in [3.8, 4) is 0 Å². The van der Waals surface area contributed by atoms with Crippen molar-refractivity contribution in [2.24, 2.45) is 0 Å². The van der Waals surface area contributed by atoms with Gasteiger partial charge < -0.3 is 20.2 Å². The lowest BCUT2D eigenvalue weighted by atomic mass is 10.1. The van der Waals surface area contributed by atoms with Crippen LogP contribution in [0.5, 0.6) is 0 Å². The molecule has 144 valence electrons. The largest absolute Gasteiger partial charge is 0.395 e. The maximum atomic E-state index is 12.4. The molecule has 1 aromatic rings. The Morgan fingerprint density at radius 2 is 1.81 bits per heavy atom. The third kappa shape index (κ3) is 4.95. The molecule has 1 fully saturated rings. The molecular weight excluding hydrogens is 332 g/mol. The smallest absolute Gasteiger partial charge is 0.313 e. The van der Waals surface area contributed by atoms with Gasteiger partial charge in [-0.2, -0.15) is 0 Å². The molecule has 2 rings (SSSR count). The van der Waals surface area contributed by atoms with E-state index in [1.165, 1.54) is 0 Å². The van der Waals surface area contributed by atoms with Crippen molar-refractivity contribution >= 4 is 23.2 Å². The van der Waals surface area contributed by atoms with Gasteiger partial charge >= 0.3 is 11.8 Å². The topological polar surface area (TPSA) is 76.1 Å². The molecule has 1 saturated heterocycles. The van der Waals surface area contributed by atoms with Crippen LogP contribution in [0.1, 0.15) is 19.4 Å². The Bertz CT molecular complexity index is 623. The highest BCUT2D eigenvalue weighted by molar-refractivity contribution is 6.39. The molecule has 26 heavy (non-hydrogen) atoms. The zero-order valence-corrected chi connectivity index (χ0v) is 16.0. The lowest BCUT2D eigenvalue weighted by Gasteiger charge is -2.33. The molecule has 1 aliphatic heterocycles. The van der Waals surface area contributed by atoms with Crippen molar-refractivity contribution < 1.29 is 14.7 Å². The first-order valence-corrected chi connectivity index (χ1v) is 9.29. The van der Waals surface area contributed by atoms with E-state index in [0.29, 0.717) is 38.4 Å². The van der Waals surface area contributed by atoms with Gasteiger partial charge in [-0.15, -0.1) is 0 Å². The van der Waals surface area contributed by atoms with E-state index < -0.39 is 11.8 Å². The van der Waals surface area contributed by atoms with Gasteiger partial charge in [0.2, 0.25) is 0 Å². The molecule has 2 N–H and O–H groups in total. The molecule has 7 heteroatoms. The summed E-state index contributed by atoms with van der Waals surface area (Å²) in [6.07, 6.45) is 0. The van der Waals surface area contributed by atoms with E-state index in [0.717, 1.165) is 24.3 Å². The molecule has 2 amide bonds. The Balaban J connectivity index is 1.96. The first kappa shape index (κ1) is 20.2. The second kappa shape index (κ2) is 9.54. The Morgan fingerprint density at radius 3 is 2.35 bits per heavy atom. The quantitative estimate of drug-likeness (QED) is 0.736. The Hall–Kier alpha value is -2.12. The van der Waals surface area contributed by atoms with Gasteiger partial charge in [0, 0.05) is 57.2 Å². The number of benzene rings is 1. The number of carbonyl (C=O) groups excluding carboxylic acids is 2. The molecule has 0 aliphatic carbocycles. The summed E-state index contributed by atoms with van der Waals surface area (Å²) >= 11 is 0. The van der Waals surface area contributed by atoms with E-state index in [2.05, 4.69) is 29.0 Å². The molecule has 1 aromatic carbocycles. The Labute approximate surface area is 155 Å². The highest BCUT2D eigenvalue weighted by atomic mass is 16.3. The average Bonchev–Trinajstić information content (AvgIpc) is 2.65. The first-order valence-electron chi connectivity index (χ1n) is 9.29. The van der Waals surface area contributed by atoms with Gasteiger partial charge in [-0.1, -0.05) is 0 Å². The fourth-order valence-electron chi connectivity index (χ4n) is 3.21. The maximum Gasteiger partial charge on any atom is 0.313 e. The molecule has 0 unspecified atom stereocenters. The second-order valence-corrected chi connectivity index (χ2v) is 6.48. The standard InChI is InChI=1S/C19H30N4O3/c1-4-22(5-2)16-6-7-17(15(3)14-16)20-18(25)19(26)23-10-8-21(9-11-23)12-13-24/h6-7,14,24H,4-5,8-13H2,1-3H3,(H,20,25). The number of hydrogen-bond donors (Lipinski definition) is 2. The summed E-state index contributed by atoms with van der Waals surface area (Å²) in [6.45, 7) is 11.1. The number of carbonyl (C=O) groups is 2. The van der Waals surface area contributed by atoms with Crippen molar-refractivity contribution in [1.29, 1.82) is 0 Å². The van der Waals surface area contributed by atoms with E-state index in [9.17, 15) is 9.59 Å². The lowest BCUT2D eigenvalue weighted by Crippen LogP contribution is -2.52. The number of anilines is 2. The van der Waals surface area contributed by atoms with Crippen LogP contribution in [0.3, 0.4) is 0 Å². The van der Waals surface area contributed by atoms with Crippen LogP contribution in [-0.4, -0.2) is 79.1 Å². The van der Waals surface area contributed by atoms with Crippen LogP contribution < -0.4 is 10.2 Å². The molecule has 7 nitrogen and oxygen atoms in total. The molecular formula is C19H30N4O3. The fourth-order valence-corrected chi connectivity index (χ4v) is 3.21. The molecule has 1 heterocycles. The fraction of sp³-hybridized carbons (Fsp3) is 0.579. The number of aryl methyl sites for hydroxylation is 1. The number of piperazine rings is 1. The molecule has 1 aliphatic rings. The summed E-state index contributed by atoms with van der Waals surface area (Å²) in [5.41, 5.74) is 2.71. The van der Waals surface area contributed by atoms with E-state index >= 15 is 0 Å². The predicted molar refractivity (Wildman–Crippen MR) is 103 cm³/mol. The summed E-state index contributed by atoms with van der Waals surface area (Å²) in [6, 6.07) is 5.85. The Morgan fingerprint density at radius 1 is 1.15 bits per heavy atom. The molecule has 0 bridgehead atoms. The Kier molecular flexibility index (Phi) is 7.41. The highest BCUT2D eigenvalue weighted by Gasteiger charge is 2.26. The number of β-amino-alcohol motifs (C(OH)–C–C–N with tert-alkyl or cyclic N) is 1. The summed E-state index contributed by atoms with van der Waals surface area (Å²) in [5.74, 6) is -1.10. The van der Waals surface area contributed by atoms with Gasteiger partial charge in [-0.05, 0) is 44.5 Å². The van der Waals surface area contributed by atoms with Gasteiger partial charge in [0.25, 0.3) is 0 Å². The SMILES string of the molecule is CCN(CC)c1ccc(NC(=O)C(=O)N2CCN(CCO)CC2)c(C)c1. The summed E-state index contributed by atoms with van der Waals surface area (Å²) in [5, 5.41) is 11.7. The zero-order chi connectivity index (χ0) is 19.1. The van der Waals surface area contributed by atoms with Crippen LogP contribution in [0.25, 0.3) is 0 Å². The van der Waals surface area contributed by atoms with E-state index in [4.69, 9.17) is 5.11 Å². The normalized spacial score (nSPS) is 15.0. The van der Waals surface area contributed by atoms with E-state index in [1.54, 1.807) is 4.90 Å². The van der Waals surface area contributed by atoms with Crippen molar-refractivity contribution in [3.05, 3.63) is 23.8 Å². The third-order valence-electron chi connectivity index (χ3n) is 4.86. The van der Waals surface area contributed by atoms with Gasteiger partial charge in [0.15, 0.2) is 0 Å². The molecule has 0 radical (unpaired) electrons. The van der Waals surface area contributed by atoms with E-state index in [1.807, 2.05) is 25.1 Å². The maximum absolute atomic E-state index is 12.4. The molecule has 0 atom stereocenters. The van der Waals surface area contributed by atoms with Crippen molar-refractivity contribution in [2.45, 2.75) is 20.8 Å². The number of nitrogens with one attached hydrogen (secondary N) is 1. The zero-order valence-electron chi connectivity index (χ0n) is 16.0.